The summed E-state index contributed by atoms with van der Waals surface area (Å²) in [7, 11) is 0. The molecule has 1 saturated heterocycles. The number of imidazole rings is 1. The van der Waals surface area contributed by atoms with Gasteiger partial charge in [0.05, 0.1) is 12.5 Å². The van der Waals surface area contributed by atoms with Crippen molar-refractivity contribution < 1.29 is 14.7 Å². The lowest BCUT2D eigenvalue weighted by Crippen LogP contribution is -2.47. The summed E-state index contributed by atoms with van der Waals surface area (Å²) in [4.78, 5) is 29.4. The number of aromatic nitrogens is 2. The lowest BCUT2D eigenvalue weighted by molar-refractivity contribution is -0.143. The monoisotopic (exact) mass is 356 g/mol. The van der Waals surface area contributed by atoms with Crippen molar-refractivity contribution in [3.8, 4) is 0 Å². The van der Waals surface area contributed by atoms with E-state index >= 15 is 0 Å². The van der Waals surface area contributed by atoms with Crippen LogP contribution in [0.2, 0.25) is 0 Å². The Morgan fingerprint density at radius 1 is 1.27 bits per heavy atom. The maximum absolute atomic E-state index is 12.3. The van der Waals surface area contributed by atoms with E-state index in [2.05, 4.69) is 22.4 Å². The van der Waals surface area contributed by atoms with Gasteiger partial charge >= 0.3 is 12.0 Å². The lowest BCUT2D eigenvalue weighted by atomic mass is 9.99. The van der Waals surface area contributed by atoms with Crippen LogP contribution in [0.4, 0.5) is 4.79 Å². The van der Waals surface area contributed by atoms with Crippen molar-refractivity contribution in [2.24, 2.45) is 5.92 Å². The molecule has 0 radical (unpaired) electrons. The summed E-state index contributed by atoms with van der Waals surface area (Å²) >= 11 is 0. The third-order valence-corrected chi connectivity index (χ3v) is 4.74. The van der Waals surface area contributed by atoms with E-state index in [4.69, 9.17) is 5.11 Å². The van der Waals surface area contributed by atoms with Gasteiger partial charge in [-0.3, -0.25) is 4.79 Å². The molecular weight excluding hydrogens is 332 g/mol. The highest BCUT2D eigenvalue weighted by Gasteiger charge is 2.28. The number of likely N-dealkylation sites (tertiary alicyclic amines) is 1. The van der Waals surface area contributed by atoms with Crippen LogP contribution in [-0.4, -0.2) is 44.6 Å². The Kier molecular flexibility index (Phi) is 5.88. The van der Waals surface area contributed by atoms with Crippen molar-refractivity contribution in [2.45, 2.75) is 32.4 Å². The summed E-state index contributed by atoms with van der Waals surface area (Å²) in [5.74, 6) is -0.512. The number of benzene rings is 1. The van der Waals surface area contributed by atoms with Crippen LogP contribution in [0.25, 0.3) is 0 Å². The van der Waals surface area contributed by atoms with Gasteiger partial charge in [0.2, 0.25) is 0 Å². The zero-order valence-corrected chi connectivity index (χ0v) is 14.7. The fraction of sp³-hybridized carbons (Fsp3) is 0.421. The molecule has 0 saturated carbocycles. The highest BCUT2D eigenvalue weighted by atomic mass is 16.4. The Morgan fingerprint density at radius 2 is 2.08 bits per heavy atom. The molecule has 0 spiro atoms. The van der Waals surface area contributed by atoms with Crippen LogP contribution in [0.15, 0.2) is 42.7 Å². The molecular formula is C19H24N4O3. The Hall–Kier alpha value is -2.83. The van der Waals surface area contributed by atoms with Gasteiger partial charge in [-0.15, -0.1) is 0 Å². The van der Waals surface area contributed by atoms with Gasteiger partial charge in [0.1, 0.15) is 5.82 Å². The number of hydrogen-bond donors (Lipinski definition) is 2. The van der Waals surface area contributed by atoms with E-state index in [0.717, 1.165) is 25.2 Å². The SMILES string of the molecule is O=C(O)[C@H]1CCCN(C(=O)NCc2nccn2CCc2ccccc2)C1. The normalized spacial score (nSPS) is 17.1. The van der Waals surface area contributed by atoms with Gasteiger partial charge in [-0.2, -0.15) is 0 Å². The first-order valence-corrected chi connectivity index (χ1v) is 8.93. The van der Waals surface area contributed by atoms with E-state index in [0.29, 0.717) is 19.5 Å². The second kappa shape index (κ2) is 8.51. The molecule has 1 aromatic heterocycles. The fourth-order valence-electron chi connectivity index (χ4n) is 3.23. The zero-order chi connectivity index (χ0) is 18.4. The van der Waals surface area contributed by atoms with E-state index in [9.17, 15) is 9.59 Å². The Balaban J connectivity index is 1.51. The van der Waals surface area contributed by atoms with Crippen LogP contribution in [0.1, 0.15) is 24.2 Å². The average molecular weight is 356 g/mol. The fourth-order valence-corrected chi connectivity index (χ4v) is 3.23. The number of hydrogen-bond acceptors (Lipinski definition) is 3. The van der Waals surface area contributed by atoms with E-state index in [1.165, 1.54) is 5.56 Å². The number of carbonyl (C=O) groups excluding carboxylic acids is 1. The predicted octanol–water partition coefficient (Wildman–Crippen LogP) is 2.13. The largest absolute Gasteiger partial charge is 0.481 e. The molecule has 0 aliphatic carbocycles. The number of carboxylic acids is 1. The summed E-state index contributed by atoms with van der Waals surface area (Å²) in [6, 6.07) is 9.99. The molecule has 1 aliphatic rings. The van der Waals surface area contributed by atoms with Gasteiger partial charge in [0.15, 0.2) is 0 Å². The molecule has 1 atom stereocenters. The van der Waals surface area contributed by atoms with Crippen LogP contribution in [-0.2, 0) is 24.3 Å². The minimum absolute atomic E-state index is 0.228. The van der Waals surface area contributed by atoms with Crippen molar-refractivity contribution >= 4 is 12.0 Å². The molecule has 3 rings (SSSR count). The first-order chi connectivity index (χ1) is 12.6. The van der Waals surface area contributed by atoms with Crippen molar-refractivity contribution in [1.29, 1.82) is 0 Å². The van der Waals surface area contributed by atoms with Crippen molar-refractivity contribution in [3.63, 3.8) is 0 Å². The lowest BCUT2D eigenvalue weighted by Gasteiger charge is -2.30. The number of aryl methyl sites for hydroxylation is 2. The zero-order valence-electron chi connectivity index (χ0n) is 14.7. The molecule has 2 aromatic rings. The number of carboxylic acid groups (broad SMARTS) is 1. The number of rotatable bonds is 6. The molecule has 2 N–H and O–H groups in total. The molecule has 0 bridgehead atoms. The van der Waals surface area contributed by atoms with Crippen LogP contribution in [0, 0.1) is 5.92 Å². The first kappa shape index (κ1) is 18.0. The van der Waals surface area contributed by atoms with Gasteiger partial charge in [0.25, 0.3) is 0 Å². The van der Waals surface area contributed by atoms with Crippen molar-refractivity contribution in [2.75, 3.05) is 13.1 Å². The molecule has 2 amide bonds. The van der Waals surface area contributed by atoms with Gasteiger partial charge in [-0.05, 0) is 24.8 Å². The molecule has 1 aromatic carbocycles. The Labute approximate surface area is 152 Å². The average Bonchev–Trinajstić information content (AvgIpc) is 3.12. The number of nitrogens with zero attached hydrogens (tertiary/aromatic N) is 3. The molecule has 1 fully saturated rings. The van der Waals surface area contributed by atoms with Crippen LogP contribution >= 0.6 is 0 Å². The number of carbonyl (C=O) groups is 2. The van der Waals surface area contributed by atoms with Crippen LogP contribution in [0.5, 0.6) is 0 Å². The summed E-state index contributed by atoms with van der Waals surface area (Å²) in [5.41, 5.74) is 1.25. The first-order valence-electron chi connectivity index (χ1n) is 8.93. The smallest absolute Gasteiger partial charge is 0.317 e. The van der Waals surface area contributed by atoms with E-state index in [-0.39, 0.29) is 12.6 Å². The topological polar surface area (TPSA) is 87.5 Å². The minimum atomic E-state index is -0.834. The molecule has 26 heavy (non-hydrogen) atoms. The van der Waals surface area contributed by atoms with Crippen LogP contribution in [0.3, 0.4) is 0 Å². The van der Waals surface area contributed by atoms with Gasteiger partial charge in [-0.1, -0.05) is 30.3 Å². The summed E-state index contributed by atoms with van der Waals surface area (Å²) in [6.45, 7) is 1.98. The van der Waals surface area contributed by atoms with Gasteiger partial charge in [-0.25, -0.2) is 9.78 Å². The van der Waals surface area contributed by atoms with Crippen LogP contribution < -0.4 is 5.32 Å². The van der Waals surface area contributed by atoms with E-state index in [1.807, 2.05) is 29.0 Å². The third-order valence-electron chi connectivity index (χ3n) is 4.74. The number of piperidine rings is 1. The number of amides is 2. The van der Waals surface area contributed by atoms with E-state index in [1.54, 1.807) is 11.1 Å². The van der Waals surface area contributed by atoms with Gasteiger partial charge < -0.3 is 19.9 Å². The Bertz CT molecular complexity index is 744. The highest BCUT2D eigenvalue weighted by molar-refractivity contribution is 5.76. The standard InChI is InChI=1S/C19H24N4O3/c24-18(25)16-7-4-10-23(14-16)19(26)21-13-17-20-9-12-22(17)11-8-15-5-2-1-3-6-15/h1-3,5-6,9,12,16H,4,7-8,10-11,13-14H2,(H,21,26)(H,24,25)/t16-/m0/s1. The summed E-state index contributed by atoms with van der Waals surface area (Å²) in [5, 5.41) is 12.0. The third kappa shape index (κ3) is 4.62. The molecule has 2 heterocycles. The van der Waals surface area contributed by atoms with Crippen molar-refractivity contribution in [3.05, 3.63) is 54.1 Å². The molecule has 0 unspecified atom stereocenters. The Morgan fingerprint density at radius 3 is 2.85 bits per heavy atom. The maximum Gasteiger partial charge on any atom is 0.317 e. The predicted molar refractivity (Wildman–Crippen MR) is 96.5 cm³/mol. The second-order valence-corrected chi connectivity index (χ2v) is 6.55. The summed E-state index contributed by atoms with van der Waals surface area (Å²) in [6.07, 6.45) is 5.88. The molecule has 7 nitrogen and oxygen atoms in total. The maximum atomic E-state index is 12.3. The minimum Gasteiger partial charge on any atom is -0.481 e. The second-order valence-electron chi connectivity index (χ2n) is 6.55. The number of urea groups is 1. The van der Waals surface area contributed by atoms with Crippen molar-refractivity contribution in [1.82, 2.24) is 19.8 Å². The molecule has 138 valence electrons. The summed E-state index contributed by atoms with van der Waals surface area (Å²) < 4.78 is 2.03. The highest BCUT2D eigenvalue weighted by Crippen LogP contribution is 2.16. The van der Waals surface area contributed by atoms with E-state index < -0.39 is 11.9 Å². The number of nitrogens with one attached hydrogen (secondary N) is 1. The molecule has 7 heteroatoms. The molecule has 1 aliphatic heterocycles. The quantitative estimate of drug-likeness (QED) is 0.830. The van der Waals surface area contributed by atoms with Gasteiger partial charge in [0, 0.05) is 32.0 Å². The number of aliphatic carboxylic acids is 1.